The van der Waals surface area contributed by atoms with Gasteiger partial charge in [0.15, 0.2) is 5.65 Å². The van der Waals surface area contributed by atoms with Crippen molar-refractivity contribution in [1.82, 2.24) is 35.2 Å². The number of urea groups is 1. The van der Waals surface area contributed by atoms with Gasteiger partial charge in [-0.05, 0) is 99.6 Å². The van der Waals surface area contributed by atoms with E-state index in [0.717, 1.165) is 98.7 Å². The van der Waals surface area contributed by atoms with Gasteiger partial charge in [0.2, 0.25) is 0 Å². The number of rotatable bonds is 11. The molecule has 10 heteroatoms. The third-order valence-electron chi connectivity index (χ3n) is 9.81. The summed E-state index contributed by atoms with van der Waals surface area (Å²) in [6.07, 6.45) is 5.76. The maximum atomic E-state index is 13.2. The number of ether oxygens (including phenoxy) is 1. The first-order chi connectivity index (χ1) is 23.4. The fourth-order valence-corrected chi connectivity index (χ4v) is 6.96. The molecule has 10 nitrogen and oxygen atoms in total. The van der Waals surface area contributed by atoms with Crippen molar-refractivity contribution in [3.05, 3.63) is 76.6 Å². The molecule has 2 fully saturated rings. The zero-order valence-electron chi connectivity index (χ0n) is 29.1. The van der Waals surface area contributed by atoms with E-state index in [1.165, 1.54) is 35.2 Å². The van der Waals surface area contributed by atoms with E-state index in [4.69, 9.17) is 9.72 Å². The number of nitrogens with one attached hydrogen (secondary N) is 3. The van der Waals surface area contributed by atoms with Crippen molar-refractivity contribution in [2.75, 3.05) is 51.8 Å². The number of hydrogen-bond donors (Lipinski definition) is 3. The van der Waals surface area contributed by atoms with Crippen LogP contribution >= 0.6 is 0 Å². The molecule has 0 atom stereocenters. The second kappa shape index (κ2) is 15.9. The lowest BCUT2D eigenvalue weighted by Crippen LogP contribution is -2.35. The van der Waals surface area contributed by atoms with Crippen LogP contribution in [0.3, 0.4) is 0 Å². The summed E-state index contributed by atoms with van der Waals surface area (Å²) in [7, 11) is 2.21. The van der Waals surface area contributed by atoms with Crippen molar-refractivity contribution in [3.8, 4) is 11.1 Å². The van der Waals surface area contributed by atoms with Crippen LogP contribution in [0, 0.1) is 6.92 Å². The van der Waals surface area contributed by atoms with E-state index < -0.39 is 0 Å². The summed E-state index contributed by atoms with van der Waals surface area (Å²) >= 11 is 0. The van der Waals surface area contributed by atoms with Gasteiger partial charge in [-0.2, -0.15) is 5.10 Å². The molecule has 0 radical (unpaired) electrons. The molecule has 2 aliphatic rings. The molecule has 2 amide bonds. The van der Waals surface area contributed by atoms with Crippen molar-refractivity contribution < 1.29 is 9.53 Å². The minimum absolute atomic E-state index is 0.203. The van der Waals surface area contributed by atoms with Gasteiger partial charge in [0.05, 0.1) is 17.3 Å². The van der Waals surface area contributed by atoms with Crippen molar-refractivity contribution in [2.24, 2.45) is 0 Å². The lowest BCUT2D eigenvalue weighted by atomic mass is 9.96. The maximum absolute atomic E-state index is 13.2. The second-order valence-corrected chi connectivity index (χ2v) is 13.3. The fraction of sp³-hybridized carbons (Fsp3) is 0.500. The Morgan fingerprint density at radius 2 is 1.81 bits per heavy atom. The highest BCUT2D eigenvalue weighted by Crippen LogP contribution is 2.31. The zero-order valence-corrected chi connectivity index (χ0v) is 29.1. The molecule has 0 spiro atoms. The van der Waals surface area contributed by atoms with Crippen LogP contribution in [0.15, 0.2) is 48.7 Å². The largest absolute Gasteiger partial charge is 0.381 e. The minimum Gasteiger partial charge on any atom is -0.381 e. The van der Waals surface area contributed by atoms with Gasteiger partial charge >= 0.3 is 6.03 Å². The molecule has 0 aliphatic carbocycles. The van der Waals surface area contributed by atoms with E-state index in [1.807, 2.05) is 10.9 Å². The number of anilines is 1. The number of pyridine rings is 1. The lowest BCUT2D eigenvalue weighted by Gasteiger charge is -2.26. The molecule has 0 unspecified atom stereocenters. The Kier molecular flexibility index (Phi) is 11.3. The number of benzene rings is 2. The molecule has 48 heavy (non-hydrogen) atoms. The normalized spacial score (nSPS) is 16.6. The first kappa shape index (κ1) is 33.9. The molecule has 3 N–H and O–H groups in total. The smallest absolute Gasteiger partial charge is 0.315 e. The van der Waals surface area contributed by atoms with Crippen LogP contribution in [0.5, 0.6) is 0 Å². The third kappa shape index (κ3) is 8.17. The highest BCUT2D eigenvalue weighted by molar-refractivity contribution is 5.92. The summed E-state index contributed by atoms with van der Waals surface area (Å²) in [5, 5.41) is 15.6. The lowest BCUT2D eigenvalue weighted by molar-refractivity contribution is 0.0904. The van der Waals surface area contributed by atoms with Gasteiger partial charge < -0.3 is 25.6 Å². The molecular formula is C38H52N8O2. The predicted octanol–water partition coefficient (Wildman–Crippen LogP) is 5.72. The Hall–Kier alpha value is -3.99. The van der Waals surface area contributed by atoms with Crippen molar-refractivity contribution in [1.29, 1.82) is 0 Å². The summed E-state index contributed by atoms with van der Waals surface area (Å²) in [5.41, 5.74) is 9.95. The van der Waals surface area contributed by atoms with Crippen LogP contribution in [0.4, 0.5) is 10.5 Å². The van der Waals surface area contributed by atoms with Crippen molar-refractivity contribution in [3.63, 3.8) is 0 Å². The van der Waals surface area contributed by atoms with Gasteiger partial charge in [0, 0.05) is 69.8 Å². The Balaban J connectivity index is 1.13. The van der Waals surface area contributed by atoms with Gasteiger partial charge in [-0.1, -0.05) is 37.3 Å². The molecular weight excluding hydrogens is 600 g/mol. The number of carbonyl (C=O) groups is 1. The summed E-state index contributed by atoms with van der Waals surface area (Å²) < 4.78 is 7.54. The third-order valence-corrected chi connectivity index (χ3v) is 9.81. The Bertz CT molecular complexity index is 1700. The van der Waals surface area contributed by atoms with E-state index in [1.54, 1.807) is 0 Å². The summed E-state index contributed by atoms with van der Waals surface area (Å²) in [6.45, 7) is 14.9. The second-order valence-electron chi connectivity index (χ2n) is 13.3. The quantitative estimate of drug-likeness (QED) is 0.191. The SMILES string of the molecule is CCc1nc2c(cnn2CC)c(NC2CCOCC2)c1CNC(=O)NCc1ccc(C)c(-c2cccc(CN3CCCN(C)CC3)c2)c1. The van der Waals surface area contributed by atoms with Crippen LogP contribution in [-0.4, -0.2) is 83.1 Å². The van der Waals surface area contributed by atoms with Gasteiger partial charge in [0.25, 0.3) is 0 Å². The average Bonchev–Trinajstić information content (AvgIpc) is 3.41. The number of hydrogen-bond acceptors (Lipinski definition) is 7. The van der Waals surface area contributed by atoms with E-state index in [-0.39, 0.29) is 6.03 Å². The topological polar surface area (TPSA) is 99.6 Å². The monoisotopic (exact) mass is 652 g/mol. The average molecular weight is 653 g/mol. The zero-order chi connectivity index (χ0) is 33.5. The first-order valence-electron chi connectivity index (χ1n) is 17.7. The van der Waals surface area contributed by atoms with Gasteiger partial charge in [-0.15, -0.1) is 0 Å². The molecule has 2 aromatic carbocycles. The number of carbonyl (C=O) groups excluding carboxylic acids is 1. The standard InChI is InChI=1S/C38H52N8O2/c1-5-35-33(36(42-31-13-19-48-20-14-31)34-25-41-46(6-2)37(34)43-35)24-40-38(47)39-23-28-12-11-27(3)32(22-28)30-10-7-9-29(21-30)26-45-16-8-15-44(4)17-18-45/h7,9-12,21-22,25,31H,5-6,8,13-20,23-24,26H2,1-4H3,(H,42,43)(H2,39,40,47). The highest BCUT2D eigenvalue weighted by Gasteiger charge is 2.22. The van der Waals surface area contributed by atoms with E-state index >= 15 is 0 Å². The van der Waals surface area contributed by atoms with Gasteiger partial charge in [-0.25, -0.2) is 14.5 Å². The van der Waals surface area contributed by atoms with Crippen LogP contribution in [0.1, 0.15) is 61.1 Å². The number of nitrogens with zero attached hydrogens (tertiary/aromatic N) is 5. The minimum atomic E-state index is -0.203. The number of likely N-dealkylation sites (N-methyl/N-ethyl adjacent to an activating group) is 1. The first-order valence-corrected chi connectivity index (χ1v) is 17.7. The van der Waals surface area contributed by atoms with Gasteiger partial charge in [-0.3, -0.25) is 4.90 Å². The summed E-state index contributed by atoms with van der Waals surface area (Å²) in [5.74, 6) is 0. The Morgan fingerprint density at radius 1 is 0.979 bits per heavy atom. The number of fused-ring (bicyclic) bond motifs is 1. The van der Waals surface area contributed by atoms with E-state index in [0.29, 0.717) is 19.1 Å². The van der Waals surface area contributed by atoms with Crippen LogP contribution in [0.25, 0.3) is 22.2 Å². The van der Waals surface area contributed by atoms with Crippen LogP contribution in [-0.2, 0) is 37.3 Å². The molecule has 256 valence electrons. The predicted molar refractivity (Wildman–Crippen MR) is 193 cm³/mol. The molecule has 6 rings (SSSR count). The number of aromatic nitrogens is 3. The van der Waals surface area contributed by atoms with Gasteiger partial charge in [0.1, 0.15) is 0 Å². The molecule has 4 aromatic rings. The summed E-state index contributed by atoms with van der Waals surface area (Å²) in [4.78, 5) is 23.2. The Morgan fingerprint density at radius 3 is 2.62 bits per heavy atom. The fourth-order valence-electron chi connectivity index (χ4n) is 6.96. The molecule has 2 aromatic heterocycles. The van der Waals surface area contributed by atoms with E-state index in [9.17, 15) is 4.79 Å². The Labute approximate surface area is 285 Å². The molecule has 2 aliphatic heterocycles. The number of amides is 2. The molecule has 4 heterocycles. The number of aryl methyl sites for hydroxylation is 3. The summed E-state index contributed by atoms with van der Waals surface area (Å²) in [6, 6.07) is 15.5. The van der Waals surface area contributed by atoms with Crippen molar-refractivity contribution >= 4 is 22.8 Å². The highest BCUT2D eigenvalue weighted by atomic mass is 16.5. The molecule has 0 bridgehead atoms. The maximum Gasteiger partial charge on any atom is 0.315 e. The van der Waals surface area contributed by atoms with Crippen LogP contribution in [0.2, 0.25) is 0 Å². The van der Waals surface area contributed by atoms with E-state index in [2.05, 4.69) is 101 Å². The van der Waals surface area contributed by atoms with Crippen LogP contribution < -0.4 is 16.0 Å². The molecule has 2 saturated heterocycles. The molecule has 0 saturated carbocycles. The van der Waals surface area contributed by atoms with Crippen molar-refractivity contribution in [2.45, 2.75) is 78.7 Å².